The van der Waals surface area contributed by atoms with Gasteiger partial charge in [-0.15, -0.1) is 11.3 Å². The summed E-state index contributed by atoms with van der Waals surface area (Å²) in [5, 5.41) is 4.82. The fourth-order valence-electron chi connectivity index (χ4n) is 8.03. The number of fused-ring (bicyclic) bond motifs is 6. The molecule has 0 aliphatic carbocycles. The molecule has 0 radical (unpaired) electrons. The van der Waals surface area contributed by atoms with Crippen molar-refractivity contribution in [2.45, 2.75) is 0 Å². The first-order valence-corrected chi connectivity index (χ1v) is 19.6. The molecule has 8 aromatic carbocycles. The van der Waals surface area contributed by atoms with Crippen LogP contribution in [-0.4, -0.2) is 9.97 Å². The molecular weight excluding hydrogens is 701 g/mol. The van der Waals surface area contributed by atoms with Gasteiger partial charge in [-0.1, -0.05) is 164 Å². The van der Waals surface area contributed by atoms with Gasteiger partial charge < -0.3 is 4.42 Å². The van der Waals surface area contributed by atoms with Crippen molar-refractivity contribution in [3.63, 3.8) is 0 Å². The molecule has 0 fully saturated rings. The van der Waals surface area contributed by atoms with Crippen molar-refractivity contribution >= 4 is 53.4 Å². The summed E-state index contributed by atoms with van der Waals surface area (Å²) < 4.78 is 9.28. The quantitative estimate of drug-likeness (QED) is 0.171. The molecule has 0 aliphatic heterocycles. The first-order chi connectivity index (χ1) is 27.7. The highest BCUT2D eigenvalue weighted by molar-refractivity contribution is 7.25. The van der Waals surface area contributed by atoms with E-state index in [1.807, 2.05) is 29.5 Å². The Kier molecular flexibility index (Phi) is 7.68. The minimum atomic E-state index is 0.695. The minimum Gasteiger partial charge on any atom is -0.455 e. The third kappa shape index (κ3) is 5.50. The van der Waals surface area contributed by atoms with Crippen LogP contribution < -0.4 is 0 Å². The summed E-state index contributed by atoms with van der Waals surface area (Å²) >= 11 is 1.84. The third-order valence-electron chi connectivity index (χ3n) is 10.8. The Bertz CT molecular complexity index is 3240. The van der Waals surface area contributed by atoms with E-state index in [-0.39, 0.29) is 0 Å². The summed E-state index contributed by atoms with van der Waals surface area (Å²) in [5.41, 5.74) is 13.3. The molecule has 262 valence electrons. The lowest BCUT2D eigenvalue weighted by Gasteiger charge is -2.13. The smallest absolute Gasteiger partial charge is 0.161 e. The maximum absolute atomic E-state index is 6.70. The van der Waals surface area contributed by atoms with Gasteiger partial charge in [-0.25, -0.2) is 9.97 Å². The van der Waals surface area contributed by atoms with Gasteiger partial charge in [0.25, 0.3) is 0 Å². The van der Waals surface area contributed by atoms with Crippen LogP contribution in [0.5, 0.6) is 0 Å². The molecule has 0 amide bonds. The van der Waals surface area contributed by atoms with Gasteiger partial charge in [-0.2, -0.15) is 0 Å². The van der Waals surface area contributed by atoms with Crippen LogP contribution >= 0.6 is 11.3 Å². The van der Waals surface area contributed by atoms with Gasteiger partial charge in [0.05, 0.1) is 11.4 Å². The second-order valence-corrected chi connectivity index (χ2v) is 15.2. The van der Waals surface area contributed by atoms with Crippen LogP contribution in [0.25, 0.3) is 109 Å². The van der Waals surface area contributed by atoms with Crippen LogP contribution in [0.4, 0.5) is 0 Å². The SMILES string of the molecule is c1ccc(-c2cc(-c3ccc(-c4ccc(-c5ccc6c(c5)sc5ccccc56)c5oc6ccccc6c45)cc3)nc(-c3ccccc3-c3ccccc3)n2)cc1. The lowest BCUT2D eigenvalue weighted by Crippen LogP contribution is -1.97. The molecule has 56 heavy (non-hydrogen) atoms. The summed E-state index contributed by atoms with van der Waals surface area (Å²) in [4.78, 5) is 10.4. The van der Waals surface area contributed by atoms with Crippen LogP contribution in [0, 0.1) is 0 Å². The Labute approximate surface area is 327 Å². The summed E-state index contributed by atoms with van der Waals surface area (Å²) in [6.07, 6.45) is 0. The van der Waals surface area contributed by atoms with E-state index in [4.69, 9.17) is 14.4 Å². The van der Waals surface area contributed by atoms with Gasteiger partial charge in [0.2, 0.25) is 0 Å². The fraction of sp³-hybridized carbons (Fsp3) is 0. The van der Waals surface area contributed by atoms with Crippen molar-refractivity contribution in [3.05, 3.63) is 194 Å². The van der Waals surface area contributed by atoms with E-state index in [2.05, 4.69) is 176 Å². The number of furan rings is 1. The highest BCUT2D eigenvalue weighted by Gasteiger charge is 2.19. The summed E-state index contributed by atoms with van der Waals surface area (Å²) in [5.74, 6) is 0.695. The molecule has 0 unspecified atom stereocenters. The first-order valence-electron chi connectivity index (χ1n) is 18.8. The average Bonchev–Trinajstić information content (AvgIpc) is 3.85. The molecule has 0 saturated heterocycles. The minimum absolute atomic E-state index is 0.695. The molecule has 3 heterocycles. The lowest BCUT2D eigenvalue weighted by molar-refractivity contribution is 0.670. The topological polar surface area (TPSA) is 38.9 Å². The molecule has 3 nitrogen and oxygen atoms in total. The average molecular weight is 733 g/mol. The van der Waals surface area contributed by atoms with Crippen molar-refractivity contribution in [2.75, 3.05) is 0 Å². The van der Waals surface area contributed by atoms with Gasteiger partial charge in [0.15, 0.2) is 5.82 Å². The molecule has 0 atom stereocenters. The zero-order valence-electron chi connectivity index (χ0n) is 30.2. The Balaban J connectivity index is 1.03. The molecule has 0 bridgehead atoms. The maximum atomic E-state index is 6.70. The molecular formula is C52H32N2OS. The number of para-hydroxylation sites is 1. The lowest BCUT2D eigenvalue weighted by atomic mass is 9.93. The normalized spacial score (nSPS) is 11.6. The van der Waals surface area contributed by atoms with Crippen LogP contribution in [0.3, 0.4) is 0 Å². The van der Waals surface area contributed by atoms with E-state index < -0.39 is 0 Å². The number of hydrogen-bond acceptors (Lipinski definition) is 4. The predicted octanol–water partition coefficient (Wildman–Crippen LogP) is 14.7. The molecule has 4 heteroatoms. The van der Waals surface area contributed by atoms with Gasteiger partial charge in [0.1, 0.15) is 11.2 Å². The summed E-state index contributed by atoms with van der Waals surface area (Å²) in [7, 11) is 0. The largest absolute Gasteiger partial charge is 0.455 e. The van der Waals surface area contributed by atoms with E-state index in [0.29, 0.717) is 5.82 Å². The number of thiophene rings is 1. The predicted molar refractivity (Wildman–Crippen MR) is 235 cm³/mol. The molecule has 11 rings (SSSR count). The van der Waals surface area contributed by atoms with Crippen molar-refractivity contribution < 1.29 is 4.42 Å². The van der Waals surface area contributed by atoms with Crippen LogP contribution in [0.15, 0.2) is 199 Å². The van der Waals surface area contributed by atoms with E-state index in [9.17, 15) is 0 Å². The molecule has 0 N–H and O–H groups in total. The van der Waals surface area contributed by atoms with E-state index in [1.165, 1.54) is 20.2 Å². The molecule has 11 aromatic rings. The Morgan fingerprint density at radius 1 is 0.357 bits per heavy atom. The van der Waals surface area contributed by atoms with Crippen molar-refractivity contribution in [2.24, 2.45) is 0 Å². The Hall–Kier alpha value is -7.14. The standard InChI is InChI=1S/C52H32N2OS/c1-3-13-33(14-4-1)38-17-7-8-19-43(38)52-53-45(35-15-5-2-6-16-35)32-46(54-52)36-25-23-34(24-26-36)39-29-30-40(51-50(39)44-20-9-11-21-47(44)55-51)37-27-28-42-41-18-10-12-22-48(41)56-49(42)31-37/h1-32H. The second-order valence-electron chi connectivity index (χ2n) is 14.1. The van der Waals surface area contributed by atoms with Crippen molar-refractivity contribution in [1.29, 1.82) is 0 Å². The molecule has 0 spiro atoms. The highest BCUT2D eigenvalue weighted by Crippen LogP contribution is 2.44. The fourth-order valence-corrected chi connectivity index (χ4v) is 9.18. The second kappa shape index (κ2) is 13.3. The number of hydrogen-bond donors (Lipinski definition) is 0. The van der Waals surface area contributed by atoms with Crippen LogP contribution in [-0.2, 0) is 0 Å². The van der Waals surface area contributed by atoms with Gasteiger partial charge in [-0.3, -0.25) is 0 Å². The number of aromatic nitrogens is 2. The zero-order chi connectivity index (χ0) is 37.0. The highest BCUT2D eigenvalue weighted by atomic mass is 32.1. The van der Waals surface area contributed by atoms with Crippen molar-refractivity contribution in [3.8, 4) is 67.3 Å². The molecule has 0 aliphatic rings. The van der Waals surface area contributed by atoms with E-state index in [1.54, 1.807) is 0 Å². The van der Waals surface area contributed by atoms with Crippen LogP contribution in [0.1, 0.15) is 0 Å². The molecule has 3 aromatic heterocycles. The van der Waals surface area contributed by atoms with Gasteiger partial charge in [-0.05, 0) is 58.1 Å². The Morgan fingerprint density at radius 3 is 1.70 bits per heavy atom. The number of benzene rings is 8. The third-order valence-corrected chi connectivity index (χ3v) is 11.9. The number of rotatable bonds is 6. The Morgan fingerprint density at radius 2 is 0.911 bits per heavy atom. The first kappa shape index (κ1) is 32.3. The van der Waals surface area contributed by atoms with E-state index >= 15 is 0 Å². The number of nitrogens with zero attached hydrogens (tertiary/aromatic N) is 2. The molecule has 0 saturated carbocycles. The monoisotopic (exact) mass is 732 g/mol. The van der Waals surface area contributed by atoms with E-state index in [0.717, 1.165) is 83.4 Å². The zero-order valence-corrected chi connectivity index (χ0v) is 31.0. The van der Waals surface area contributed by atoms with Crippen LogP contribution in [0.2, 0.25) is 0 Å². The summed E-state index contributed by atoms with van der Waals surface area (Å²) in [6.45, 7) is 0. The van der Waals surface area contributed by atoms with Gasteiger partial charge >= 0.3 is 0 Å². The maximum Gasteiger partial charge on any atom is 0.161 e. The summed E-state index contributed by atoms with van der Waals surface area (Å²) in [6, 6.07) is 68.3. The van der Waals surface area contributed by atoms with Crippen molar-refractivity contribution in [1.82, 2.24) is 9.97 Å². The van der Waals surface area contributed by atoms with Gasteiger partial charge in [0, 0.05) is 53.2 Å².